The van der Waals surface area contributed by atoms with Crippen LogP contribution in [0.25, 0.3) is 11.0 Å². The fraction of sp³-hybridized carbons (Fsp3) is 0.300. The summed E-state index contributed by atoms with van der Waals surface area (Å²) in [6.45, 7) is 1.30. The van der Waals surface area contributed by atoms with Crippen LogP contribution in [0.4, 0.5) is 10.1 Å². The first-order valence-corrected chi connectivity index (χ1v) is 11.1. The van der Waals surface area contributed by atoms with Crippen molar-refractivity contribution in [2.45, 2.75) is 23.8 Å². The molecule has 0 radical (unpaired) electrons. The van der Waals surface area contributed by atoms with Crippen molar-refractivity contribution in [1.29, 1.82) is 0 Å². The van der Waals surface area contributed by atoms with Gasteiger partial charge in [-0.1, -0.05) is 12.1 Å². The third-order valence-corrected chi connectivity index (χ3v) is 6.91. The summed E-state index contributed by atoms with van der Waals surface area (Å²) in [6, 6.07) is 9.68. The number of nitrogens with one attached hydrogen (secondary N) is 3. The molecule has 1 aliphatic rings. The van der Waals surface area contributed by atoms with E-state index in [1.807, 2.05) is 6.07 Å². The summed E-state index contributed by atoms with van der Waals surface area (Å²) >= 11 is 5.04. The van der Waals surface area contributed by atoms with Gasteiger partial charge >= 0.3 is 0 Å². The van der Waals surface area contributed by atoms with Gasteiger partial charge in [-0.2, -0.15) is 0 Å². The van der Waals surface area contributed by atoms with Gasteiger partial charge in [0.15, 0.2) is 4.77 Å². The highest BCUT2D eigenvalue weighted by Crippen LogP contribution is 2.21. The maximum Gasteiger partial charge on any atom is 0.257 e. The smallest absolute Gasteiger partial charge is 0.257 e. The van der Waals surface area contributed by atoms with E-state index in [4.69, 9.17) is 17.0 Å². The second-order valence-electron chi connectivity index (χ2n) is 6.95. The lowest BCUT2D eigenvalue weighted by atomic mass is 10.1. The minimum absolute atomic E-state index is 0.138. The van der Waals surface area contributed by atoms with Crippen LogP contribution in [0.1, 0.15) is 28.8 Å². The van der Waals surface area contributed by atoms with Crippen LogP contribution in [-0.4, -0.2) is 38.5 Å². The number of anilines is 1. The number of benzene rings is 2. The van der Waals surface area contributed by atoms with E-state index < -0.39 is 22.5 Å². The number of hydrogen-bond acceptors (Lipinski definition) is 4. The number of carbonyl (C=O) groups is 1. The molecule has 1 amide bonds. The molecule has 3 N–H and O–H groups in total. The Morgan fingerprint density at radius 1 is 1.24 bits per heavy atom. The van der Waals surface area contributed by atoms with Crippen LogP contribution < -0.4 is 5.32 Å². The van der Waals surface area contributed by atoms with Crippen molar-refractivity contribution >= 4 is 45.6 Å². The third kappa shape index (κ3) is 4.63. The van der Waals surface area contributed by atoms with Gasteiger partial charge in [-0.15, -0.1) is 0 Å². The molecule has 1 saturated heterocycles. The van der Waals surface area contributed by atoms with Crippen LogP contribution in [0.5, 0.6) is 0 Å². The molecule has 152 valence electrons. The Hall–Kier alpha value is -2.36. The van der Waals surface area contributed by atoms with Crippen LogP contribution in [0.2, 0.25) is 0 Å². The van der Waals surface area contributed by atoms with Crippen molar-refractivity contribution < 1.29 is 18.1 Å². The average molecular weight is 434 g/mol. The zero-order valence-corrected chi connectivity index (χ0v) is 17.1. The summed E-state index contributed by atoms with van der Waals surface area (Å²) in [6.07, 6.45) is 1.60. The minimum Gasteiger partial charge on any atom is -0.381 e. The van der Waals surface area contributed by atoms with Crippen molar-refractivity contribution in [3.8, 4) is 0 Å². The number of hydrogen-bond donors (Lipinski definition) is 3. The molecule has 1 atom stereocenters. The maximum atomic E-state index is 13.9. The SMILES string of the molecule is O=C(Nc1cccc(CS(=O)C2CCOCC2)c1)c1cc(F)cc2[nH]c(=S)[nH]c12. The summed E-state index contributed by atoms with van der Waals surface area (Å²) in [5.41, 5.74) is 2.47. The third-order valence-electron chi connectivity index (χ3n) is 4.87. The van der Waals surface area contributed by atoms with Gasteiger partial charge in [0.05, 0.1) is 16.6 Å². The van der Waals surface area contributed by atoms with Crippen LogP contribution in [0.15, 0.2) is 36.4 Å². The molecule has 2 aromatic carbocycles. The van der Waals surface area contributed by atoms with E-state index >= 15 is 0 Å². The van der Waals surface area contributed by atoms with Gasteiger partial charge in [0.2, 0.25) is 0 Å². The number of aromatic amines is 2. The molecule has 0 spiro atoms. The molecular weight excluding hydrogens is 413 g/mol. The van der Waals surface area contributed by atoms with Crippen LogP contribution in [0, 0.1) is 10.6 Å². The highest BCUT2D eigenvalue weighted by atomic mass is 32.2. The van der Waals surface area contributed by atoms with Gasteiger partial charge in [-0.3, -0.25) is 9.00 Å². The molecule has 0 saturated carbocycles. The Bertz CT molecular complexity index is 1140. The molecule has 3 aromatic rings. The molecule has 1 aliphatic heterocycles. The molecule has 1 aromatic heterocycles. The van der Waals surface area contributed by atoms with Gasteiger partial charge in [0, 0.05) is 40.7 Å². The zero-order chi connectivity index (χ0) is 20.4. The van der Waals surface area contributed by atoms with Crippen LogP contribution in [0.3, 0.4) is 0 Å². The molecule has 9 heteroatoms. The molecule has 6 nitrogen and oxygen atoms in total. The Balaban J connectivity index is 1.51. The Kier molecular flexibility index (Phi) is 5.89. The van der Waals surface area contributed by atoms with Crippen LogP contribution in [-0.2, 0) is 21.3 Å². The molecule has 1 fully saturated rings. The quantitative estimate of drug-likeness (QED) is 0.530. The normalized spacial score (nSPS) is 16.0. The van der Waals surface area contributed by atoms with E-state index in [1.165, 1.54) is 12.1 Å². The van der Waals surface area contributed by atoms with Crippen molar-refractivity contribution in [3.05, 3.63) is 58.1 Å². The van der Waals surface area contributed by atoms with E-state index in [0.717, 1.165) is 18.4 Å². The Morgan fingerprint density at radius 3 is 2.83 bits per heavy atom. The van der Waals surface area contributed by atoms with E-state index in [1.54, 1.807) is 18.2 Å². The first kappa shape index (κ1) is 19.9. The number of ether oxygens (including phenoxy) is 1. The number of imidazole rings is 1. The summed E-state index contributed by atoms with van der Waals surface area (Å²) in [4.78, 5) is 18.4. The predicted molar refractivity (Wildman–Crippen MR) is 114 cm³/mol. The summed E-state index contributed by atoms with van der Waals surface area (Å²) in [7, 11) is -0.996. The second kappa shape index (κ2) is 8.56. The topological polar surface area (TPSA) is 87.0 Å². The number of H-pyrrole nitrogens is 2. The van der Waals surface area contributed by atoms with Crippen molar-refractivity contribution in [3.63, 3.8) is 0 Å². The monoisotopic (exact) mass is 433 g/mol. The summed E-state index contributed by atoms with van der Waals surface area (Å²) < 4.78 is 32.2. The fourth-order valence-electron chi connectivity index (χ4n) is 3.44. The van der Waals surface area contributed by atoms with Crippen molar-refractivity contribution in [2.75, 3.05) is 18.5 Å². The van der Waals surface area contributed by atoms with Gasteiger partial charge in [-0.25, -0.2) is 4.39 Å². The van der Waals surface area contributed by atoms with E-state index in [9.17, 15) is 13.4 Å². The largest absolute Gasteiger partial charge is 0.381 e. The Morgan fingerprint density at radius 2 is 2.03 bits per heavy atom. The molecule has 0 aliphatic carbocycles. The number of carbonyl (C=O) groups excluding carboxylic acids is 1. The summed E-state index contributed by atoms with van der Waals surface area (Å²) in [5, 5.41) is 2.93. The van der Waals surface area contributed by atoms with Gasteiger partial charge in [0.1, 0.15) is 5.82 Å². The molecule has 0 bridgehead atoms. The standard InChI is InChI=1S/C20H20FN3O3S2/c21-13-9-16(18-17(10-13)23-20(28)24-18)19(25)22-14-3-1-2-12(8-14)11-29(26)15-4-6-27-7-5-15/h1-3,8-10,15H,4-7,11H2,(H,22,25)(H2,23,24,28). The first-order chi connectivity index (χ1) is 14.0. The molecule has 29 heavy (non-hydrogen) atoms. The number of amides is 1. The lowest BCUT2D eigenvalue weighted by molar-refractivity contribution is 0.0991. The lowest BCUT2D eigenvalue weighted by Crippen LogP contribution is -2.25. The average Bonchev–Trinajstić information content (AvgIpc) is 3.08. The number of fused-ring (bicyclic) bond motifs is 1. The van der Waals surface area contributed by atoms with Crippen molar-refractivity contribution in [2.24, 2.45) is 0 Å². The fourth-order valence-corrected chi connectivity index (χ4v) is 5.12. The lowest BCUT2D eigenvalue weighted by Gasteiger charge is -2.21. The summed E-state index contributed by atoms with van der Waals surface area (Å²) in [5.74, 6) is -0.570. The number of rotatable bonds is 5. The minimum atomic E-state index is -0.996. The first-order valence-electron chi connectivity index (χ1n) is 9.26. The van der Waals surface area contributed by atoms with E-state index in [-0.39, 0.29) is 10.8 Å². The maximum absolute atomic E-state index is 13.9. The van der Waals surface area contributed by atoms with Crippen LogP contribution >= 0.6 is 12.2 Å². The highest BCUT2D eigenvalue weighted by molar-refractivity contribution is 7.84. The number of halogens is 1. The Labute approximate surface area is 174 Å². The van der Waals surface area contributed by atoms with Gasteiger partial charge < -0.3 is 20.0 Å². The van der Waals surface area contributed by atoms with Gasteiger partial charge in [0.25, 0.3) is 5.91 Å². The van der Waals surface area contributed by atoms with E-state index in [0.29, 0.717) is 40.5 Å². The van der Waals surface area contributed by atoms with E-state index in [2.05, 4.69) is 15.3 Å². The highest BCUT2D eigenvalue weighted by Gasteiger charge is 2.20. The molecule has 2 heterocycles. The molecular formula is C20H20FN3O3S2. The second-order valence-corrected chi connectivity index (χ2v) is 9.07. The molecule has 4 rings (SSSR count). The van der Waals surface area contributed by atoms with Crippen molar-refractivity contribution in [1.82, 2.24) is 9.97 Å². The van der Waals surface area contributed by atoms with Gasteiger partial charge in [-0.05, 0) is 54.9 Å². The zero-order valence-electron chi connectivity index (χ0n) is 15.5. The number of aromatic nitrogens is 2. The predicted octanol–water partition coefficient (Wildman–Crippen LogP) is 4.04. The molecule has 1 unspecified atom stereocenters.